The monoisotopic (exact) mass is 325 g/mol. The number of phenolic OH excluding ortho intramolecular Hbond substituents is 1. The van der Waals surface area contributed by atoms with Gasteiger partial charge < -0.3 is 10.1 Å². The third-order valence-electron chi connectivity index (χ3n) is 5.10. The number of phenols is 1. The lowest BCUT2D eigenvalue weighted by Crippen LogP contribution is -2.35. The minimum atomic E-state index is 0.0358. The Labute approximate surface area is 141 Å². The van der Waals surface area contributed by atoms with E-state index >= 15 is 0 Å². The number of aromatic nitrogens is 2. The second-order valence-corrected chi connectivity index (χ2v) is 7.13. The molecule has 0 amide bonds. The van der Waals surface area contributed by atoms with Crippen LogP contribution in [0.2, 0.25) is 0 Å². The fourth-order valence-electron chi connectivity index (χ4n) is 3.46. The van der Waals surface area contributed by atoms with Crippen molar-refractivity contribution in [3.8, 4) is 5.75 Å². The number of nitrogens with zero attached hydrogens (tertiary/aromatic N) is 2. The van der Waals surface area contributed by atoms with Crippen LogP contribution in [-0.2, 0) is 25.9 Å². The number of hydrogen-bond donors (Lipinski definition) is 2. The molecule has 2 aromatic rings. The number of rotatable bonds is 4. The first kappa shape index (κ1) is 15.4. The highest BCUT2D eigenvalue weighted by Crippen LogP contribution is 2.31. The average Bonchev–Trinajstić information content (AvgIpc) is 3.35. The number of para-hydroxylation sites is 1. The Hall–Kier alpha value is -2.14. The van der Waals surface area contributed by atoms with Crippen LogP contribution in [0.1, 0.15) is 41.1 Å². The summed E-state index contributed by atoms with van der Waals surface area (Å²) in [5.74, 6) is 1.91. The van der Waals surface area contributed by atoms with Crippen LogP contribution in [0, 0.1) is 12.8 Å². The standard InChI is InChI=1S/C19H23N3O2/c1-12-3-2-4-14(18(12)23)10-22-8-7-15-16(11-22)20-17(21-19(15)24)9-13-5-6-13/h2-4,13,23H,5-11H2,1H3,(H,20,21,24). The van der Waals surface area contributed by atoms with Gasteiger partial charge in [0.1, 0.15) is 11.6 Å². The number of hydrogen-bond acceptors (Lipinski definition) is 4. The molecule has 1 fully saturated rings. The van der Waals surface area contributed by atoms with E-state index in [1.165, 1.54) is 12.8 Å². The zero-order chi connectivity index (χ0) is 16.7. The Morgan fingerprint density at radius 1 is 1.38 bits per heavy atom. The van der Waals surface area contributed by atoms with E-state index in [2.05, 4.69) is 9.88 Å². The highest BCUT2D eigenvalue weighted by atomic mass is 16.3. The summed E-state index contributed by atoms with van der Waals surface area (Å²) in [4.78, 5) is 22.2. The van der Waals surface area contributed by atoms with E-state index < -0.39 is 0 Å². The molecule has 1 aliphatic heterocycles. The molecule has 2 aliphatic rings. The summed E-state index contributed by atoms with van der Waals surface area (Å²) in [6.45, 7) is 4.08. The maximum Gasteiger partial charge on any atom is 0.254 e. The van der Waals surface area contributed by atoms with Crippen LogP contribution in [0.4, 0.5) is 0 Å². The molecule has 0 saturated heterocycles. The molecule has 1 aliphatic carbocycles. The number of benzene rings is 1. The van der Waals surface area contributed by atoms with E-state index in [0.29, 0.717) is 31.2 Å². The zero-order valence-electron chi connectivity index (χ0n) is 14.0. The fourth-order valence-corrected chi connectivity index (χ4v) is 3.46. The number of aryl methyl sites for hydroxylation is 1. The summed E-state index contributed by atoms with van der Waals surface area (Å²) in [5.41, 5.74) is 3.61. The van der Waals surface area contributed by atoms with Gasteiger partial charge in [-0.25, -0.2) is 4.98 Å². The molecule has 0 unspecified atom stereocenters. The first-order valence-electron chi connectivity index (χ1n) is 8.71. The van der Waals surface area contributed by atoms with Crippen molar-refractivity contribution < 1.29 is 5.11 Å². The Morgan fingerprint density at radius 2 is 2.21 bits per heavy atom. The zero-order valence-corrected chi connectivity index (χ0v) is 14.0. The van der Waals surface area contributed by atoms with Crippen molar-refractivity contribution in [3.63, 3.8) is 0 Å². The molecule has 0 radical (unpaired) electrons. The first-order valence-corrected chi connectivity index (χ1v) is 8.71. The van der Waals surface area contributed by atoms with Crippen molar-refractivity contribution in [2.24, 2.45) is 5.92 Å². The highest BCUT2D eigenvalue weighted by Gasteiger charge is 2.25. The van der Waals surface area contributed by atoms with Gasteiger partial charge in [-0.1, -0.05) is 18.2 Å². The number of fused-ring (bicyclic) bond motifs is 1. The van der Waals surface area contributed by atoms with Crippen LogP contribution < -0.4 is 5.56 Å². The third kappa shape index (κ3) is 3.08. The Bertz CT molecular complexity index is 824. The average molecular weight is 325 g/mol. The third-order valence-corrected chi connectivity index (χ3v) is 5.10. The number of aromatic amines is 1. The molecule has 5 heteroatoms. The minimum absolute atomic E-state index is 0.0358. The molecule has 24 heavy (non-hydrogen) atoms. The Morgan fingerprint density at radius 3 is 3.00 bits per heavy atom. The van der Waals surface area contributed by atoms with Gasteiger partial charge in [0.2, 0.25) is 0 Å². The molecule has 2 heterocycles. The quantitative estimate of drug-likeness (QED) is 0.905. The molecule has 0 spiro atoms. The van der Waals surface area contributed by atoms with Crippen molar-refractivity contribution in [2.75, 3.05) is 6.54 Å². The van der Waals surface area contributed by atoms with Crippen molar-refractivity contribution in [2.45, 2.75) is 45.7 Å². The summed E-state index contributed by atoms with van der Waals surface area (Å²) < 4.78 is 0. The van der Waals surface area contributed by atoms with Crippen LogP contribution >= 0.6 is 0 Å². The van der Waals surface area contributed by atoms with Gasteiger partial charge >= 0.3 is 0 Å². The molecular formula is C19H23N3O2. The van der Waals surface area contributed by atoms with Gasteiger partial charge in [-0.2, -0.15) is 0 Å². The molecular weight excluding hydrogens is 302 g/mol. The Kier molecular flexibility index (Phi) is 3.88. The molecule has 1 aromatic carbocycles. The number of H-pyrrole nitrogens is 1. The molecule has 0 bridgehead atoms. The van der Waals surface area contributed by atoms with E-state index in [4.69, 9.17) is 4.98 Å². The number of aromatic hydroxyl groups is 1. The smallest absolute Gasteiger partial charge is 0.254 e. The van der Waals surface area contributed by atoms with Gasteiger partial charge in [0.05, 0.1) is 5.69 Å². The van der Waals surface area contributed by atoms with E-state index in [9.17, 15) is 9.90 Å². The summed E-state index contributed by atoms with van der Waals surface area (Å²) in [6.07, 6.45) is 4.11. The summed E-state index contributed by atoms with van der Waals surface area (Å²) in [7, 11) is 0. The first-order chi connectivity index (χ1) is 11.6. The predicted octanol–water partition coefficient (Wildman–Crippen LogP) is 2.29. The fraction of sp³-hybridized carbons (Fsp3) is 0.474. The van der Waals surface area contributed by atoms with Crippen molar-refractivity contribution in [1.29, 1.82) is 0 Å². The van der Waals surface area contributed by atoms with Crippen molar-refractivity contribution in [1.82, 2.24) is 14.9 Å². The molecule has 126 valence electrons. The van der Waals surface area contributed by atoms with Crippen LogP contribution in [0.25, 0.3) is 0 Å². The topological polar surface area (TPSA) is 69.2 Å². The van der Waals surface area contributed by atoms with Gasteiger partial charge in [0.15, 0.2) is 0 Å². The van der Waals surface area contributed by atoms with E-state index in [0.717, 1.165) is 41.2 Å². The van der Waals surface area contributed by atoms with E-state index in [1.807, 2.05) is 25.1 Å². The van der Waals surface area contributed by atoms with Gasteiger partial charge in [-0.3, -0.25) is 9.69 Å². The van der Waals surface area contributed by atoms with Gasteiger partial charge in [-0.15, -0.1) is 0 Å². The van der Waals surface area contributed by atoms with Gasteiger partial charge in [-0.05, 0) is 37.7 Å². The summed E-state index contributed by atoms with van der Waals surface area (Å²) in [5, 5.41) is 10.2. The Balaban J connectivity index is 1.55. The predicted molar refractivity (Wildman–Crippen MR) is 91.9 cm³/mol. The molecule has 2 N–H and O–H groups in total. The minimum Gasteiger partial charge on any atom is -0.507 e. The van der Waals surface area contributed by atoms with E-state index in [1.54, 1.807) is 0 Å². The van der Waals surface area contributed by atoms with Crippen molar-refractivity contribution >= 4 is 0 Å². The van der Waals surface area contributed by atoms with Crippen molar-refractivity contribution in [3.05, 3.63) is 56.8 Å². The maximum atomic E-state index is 12.3. The van der Waals surface area contributed by atoms with Crippen LogP contribution in [0.5, 0.6) is 5.75 Å². The second-order valence-electron chi connectivity index (χ2n) is 7.13. The lowest BCUT2D eigenvalue weighted by molar-refractivity contribution is 0.237. The second kappa shape index (κ2) is 6.06. The molecule has 5 nitrogen and oxygen atoms in total. The SMILES string of the molecule is Cc1cccc(CN2CCc3c(nc(CC4CC4)[nH]c3=O)C2)c1O. The lowest BCUT2D eigenvalue weighted by Gasteiger charge is -2.28. The van der Waals surface area contributed by atoms with Crippen LogP contribution in [-0.4, -0.2) is 26.5 Å². The summed E-state index contributed by atoms with van der Waals surface area (Å²) in [6, 6.07) is 5.84. The normalized spacial score (nSPS) is 17.7. The maximum absolute atomic E-state index is 12.3. The molecule has 4 rings (SSSR count). The number of nitrogens with one attached hydrogen (secondary N) is 1. The summed E-state index contributed by atoms with van der Waals surface area (Å²) >= 11 is 0. The highest BCUT2D eigenvalue weighted by molar-refractivity contribution is 5.39. The molecule has 1 aromatic heterocycles. The largest absolute Gasteiger partial charge is 0.507 e. The molecule has 1 saturated carbocycles. The van der Waals surface area contributed by atoms with E-state index in [-0.39, 0.29) is 5.56 Å². The van der Waals surface area contributed by atoms with Gasteiger partial charge in [0.25, 0.3) is 5.56 Å². The van der Waals surface area contributed by atoms with Crippen LogP contribution in [0.3, 0.4) is 0 Å². The lowest BCUT2D eigenvalue weighted by atomic mass is 10.0. The van der Waals surface area contributed by atoms with Crippen LogP contribution in [0.15, 0.2) is 23.0 Å². The van der Waals surface area contributed by atoms with Gasteiger partial charge in [0, 0.05) is 37.2 Å². The molecule has 0 atom stereocenters.